The second-order valence-corrected chi connectivity index (χ2v) is 8.46. The summed E-state index contributed by atoms with van der Waals surface area (Å²) in [5.41, 5.74) is 0. The predicted octanol–water partition coefficient (Wildman–Crippen LogP) is 16.1. The summed E-state index contributed by atoms with van der Waals surface area (Å²) < 4.78 is 0. The minimum absolute atomic E-state index is 2.75. The van der Waals surface area contributed by atoms with Gasteiger partial charge in [-0.3, -0.25) is 0 Å². The SMILES string of the molecule is N/N=N/N=N/N=N/N=N/N=N/N=N/N=N/N=N/N=N/N=N/N=N/N=N/N=N/N=N/N=N/N=N/N=N/N=N/N=N/N=N/N=N/N=N/N=N/N=N/N=N/N=N/N=N/N=N/N=N/N=N/N=N/N=N/N=N/N=N/N=N/N=N/N=N/N=N/N=N/N=N/N=N/N=N/N=N/N=N/N=N/N=N/N=N/N. The Bertz CT molecular complexity index is 3280. The van der Waals surface area contributed by atoms with Crippen molar-refractivity contribution in [3.63, 3.8) is 0 Å². The van der Waals surface area contributed by atoms with Crippen LogP contribution in [0.1, 0.15) is 0 Å². The van der Waals surface area contributed by atoms with E-state index in [-0.39, 0.29) is 0 Å². The van der Waals surface area contributed by atoms with E-state index in [2.05, 4.69) is 503 Å². The van der Waals surface area contributed by atoms with Gasteiger partial charge < -0.3 is 11.7 Å². The highest BCUT2D eigenvalue weighted by Crippen LogP contribution is 1.98. The zero-order valence-corrected chi connectivity index (χ0v) is 43.2. The molecule has 0 radical (unpaired) electrons. The predicted molar refractivity (Wildman–Crippen MR) is 237 cm³/mol. The highest BCUT2D eigenvalue weighted by atomic mass is 15.8. The van der Waals surface area contributed by atoms with Gasteiger partial charge in [-0.15, -0.1) is 0 Å². The van der Waals surface area contributed by atoms with E-state index in [1.54, 1.807) is 0 Å². The molecule has 0 unspecified atom stereocenters. The molecule has 0 aromatic carbocycles. The number of hydrogen-bond donors (Lipinski definition) is 2. The standard InChI is InChI=1S/H4N96/c1-3-5-7-9-11-13-15-17-19-21-23-25-27-29-31-33-35-37-39-41-43-45-47-49-51-53-55-57-59-61-63-65-67-69-71-73-75-77-79-81-83-85-87-89-91-93-95-96-94-92-90-88-86-84-82-80-78-76-74-72-70-68-66-64-62-60-58-56-54-52-50-48-46-44-42-40-38-36-34-32-30-28-26-24-22-20-18-16-14-12-10-8-6-4-2/h(H2,1,4,5,8,9,12,13,16,17,20,21,24,25,28,29,32,33,36,37,40,41,44,45,48,49,52,53,56,57,60,61,64,65,68,69,72,73,76,77,80,81,84,85,88,89,92,93,96)(H2,2,3,6,7,10,11,14,15,18,19,22,23,26,27,30,31,34,35,38,39,42,43,46,47,50,51,54,55,58,59,62,63,66,67,70,71,74,75,78,79,82,83,86,87,90,91,94,95). The lowest BCUT2D eigenvalue weighted by molar-refractivity contribution is 0.723. The largest absolute Gasteiger partial charge is 0.303 e. The molecule has 0 aromatic rings. The highest BCUT2D eigenvalue weighted by molar-refractivity contribution is 4.22. The Morgan fingerprint density at radius 1 is 0.0521 bits per heavy atom. The Balaban J connectivity index is 4.12. The Kier molecular flexibility index (Phi) is 60.6. The maximum absolute atomic E-state index is 4.63. The fourth-order valence-corrected chi connectivity index (χ4v) is 1.66. The first-order valence-corrected chi connectivity index (χ1v) is 19.1. The summed E-state index contributed by atoms with van der Waals surface area (Å²) in [5, 5.41) is 281. The third-order valence-corrected chi connectivity index (χ3v) is 3.74. The average Bonchev–Trinajstić information content (AvgIpc) is 3.61. The van der Waals surface area contributed by atoms with Crippen molar-refractivity contribution in [2.45, 2.75) is 0 Å². The van der Waals surface area contributed by atoms with Crippen molar-refractivity contribution < 1.29 is 0 Å². The summed E-state index contributed by atoms with van der Waals surface area (Å²) in [6, 6.07) is 0. The molecule has 0 aromatic heterocycles. The highest BCUT2D eigenvalue weighted by Gasteiger charge is 1.79. The summed E-state index contributed by atoms with van der Waals surface area (Å²) in [7, 11) is 0. The Labute approximate surface area is 503 Å². The second-order valence-electron chi connectivity index (χ2n) is 8.46. The lowest BCUT2D eigenvalue weighted by Gasteiger charge is -1.71. The molecule has 96 nitrogen and oxygen atoms in total. The molecule has 0 spiro atoms. The first-order chi connectivity index (χ1) is 47.9. The van der Waals surface area contributed by atoms with Crippen molar-refractivity contribution in [3.8, 4) is 0 Å². The second kappa shape index (κ2) is 75.8. The van der Waals surface area contributed by atoms with Gasteiger partial charge in [-0.1, -0.05) is 10.4 Å². The van der Waals surface area contributed by atoms with E-state index in [1.165, 1.54) is 0 Å². The van der Waals surface area contributed by atoms with Gasteiger partial charge >= 0.3 is 0 Å². The zero-order chi connectivity index (χ0) is 68.5. The monoisotopic (exact) mass is 1350 g/mol. The number of hydrogen-bond acceptors (Lipinski definition) is 2. The molecule has 0 aliphatic rings. The molecular weight excluding hydrogens is 1340 g/mol. The van der Waals surface area contributed by atoms with Gasteiger partial charge in [-0.2, -0.15) is 0 Å². The molecular formula is H4N96. The van der Waals surface area contributed by atoms with Crippen molar-refractivity contribution in [2.75, 3.05) is 0 Å². The van der Waals surface area contributed by atoms with E-state index in [1.807, 2.05) is 0 Å². The average molecular weight is 1350 g/mol. The Hall–Kier alpha value is -19.2. The van der Waals surface area contributed by atoms with Gasteiger partial charge in [0.05, 0.1) is 0 Å². The molecule has 0 saturated heterocycles. The summed E-state index contributed by atoms with van der Waals surface area (Å²) >= 11 is 0. The van der Waals surface area contributed by atoms with Crippen LogP contribution in [0.25, 0.3) is 0 Å². The van der Waals surface area contributed by atoms with Crippen LogP contribution in [-0.4, -0.2) is 0 Å². The van der Waals surface area contributed by atoms with Crippen LogP contribution >= 0.6 is 0 Å². The normalized spacial score (nSPS) is 15.7. The van der Waals surface area contributed by atoms with E-state index in [4.69, 9.17) is 0 Å². The fraction of sp³-hybridized carbons (Fsp3) is 0. The lowest BCUT2D eigenvalue weighted by Crippen LogP contribution is -1.70. The first kappa shape index (κ1) is 76.8. The summed E-state index contributed by atoms with van der Waals surface area (Å²) in [4.78, 5) is 0. The topological polar surface area (TPSA) is 1210 Å². The van der Waals surface area contributed by atoms with E-state index in [0.29, 0.717) is 0 Å². The number of nitrogens with two attached hydrogens (primary N) is 2. The Morgan fingerprint density at radius 2 is 0.0833 bits per heavy atom. The number of rotatable bonds is 46. The molecule has 96 heavy (non-hydrogen) atoms. The minimum atomic E-state index is 2.75. The van der Waals surface area contributed by atoms with Crippen molar-refractivity contribution in [2.24, 2.45) is 503 Å². The molecule has 0 fully saturated rings. The van der Waals surface area contributed by atoms with Gasteiger partial charge in [-0.05, 0) is 73.1 Å². The van der Waals surface area contributed by atoms with Crippen LogP contribution in [0, 0.1) is 0 Å². The smallest absolute Gasteiger partial charge is 0 e. The van der Waals surface area contributed by atoms with E-state index in [9.17, 15) is 0 Å². The lowest BCUT2D eigenvalue weighted by atomic mass is 12.3. The molecule has 0 rings (SSSR count). The van der Waals surface area contributed by atoms with E-state index >= 15 is 0 Å². The van der Waals surface area contributed by atoms with E-state index < -0.39 is 0 Å². The third-order valence-electron chi connectivity index (χ3n) is 3.74. The van der Waals surface area contributed by atoms with E-state index in [0.717, 1.165) is 0 Å². The van der Waals surface area contributed by atoms with Crippen LogP contribution in [0.4, 0.5) is 0 Å². The van der Waals surface area contributed by atoms with Crippen LogP contribution < -0.4 is 11.7 Å². The summed E-state index contributed by atoms with van der Waals surface area (Å²) in [5.74, 6) is 9.27. The Morgan fingerprint density at radius 3 is 0.115 bits per heavy atom. The molecule has 0 aliphatic heterocycles. The molecule has 0 amide bonds. The molecule has 0 heterocycles. The van der Waals surface area contributed by atoms with Crippen LogP contribution in [-0.2, 0) is 0 Å². The van der Waals surface area contributed by atoms with Gasteiger partial charge in [0.25, 0.3) is 0 Å². The maximum Gasteiger partial charge on any atom is 0 e. The van der Waals surface area contributed by atoms with Crippen molar-refractivity contribution in [1.29, 1.82) is 0 Å². The third kappa shape index (κ3) is 74.8. The molecule has 0 bridgehead atoms. The molecule has 0 aliphatic carbocycles. The minimum Gasteiger partial charge on any atom is -0.303 e. The van der Waals surface area contributed by atoms with Gasteiger partial charge in [0, 0.05) is 407 Å². The number of nitrogens with zero attached hydrogens (tertiary/aromatic N) is 94. The van der Waals surface area contributed by atoms with Crippen LogP contribution in [0.3, 0.4) is 0 Å². The van der Waals surface area contributed by atoms with Crippen molar-refractivity contribution in [1.82, 2.24) is 0 Å². The molecule has 0 atom stereocenters. The van der Waals surface area contributed by atoms with Gasteiger partial charge in [-0.25, -0.2) is 0 Å². The summed E-state index contributed by atoms with van der Waals surface area (Å²) in [6.07, 6.45) is 0. The molecule has 484 valence electrons. The van der Waals surface area contributed by atoms with Gasteiger partial charge in [0.15, 0.2) is 0 Å². The van der Waals surface area contributed by atoms with Crippen molar-refractivity contribution >= 4 is 0 Å². The van der Waals surface area contributed by atoms with Crippen LogP contribution in [0.15, 0.2) is 491 Å². The van der Waals surface area contributed by atoms with Gasteiger partial charge in [0.2, 0.25) is 0 Å². The zero-order valence-electron chi connectivity index (χ0n) is 43.2. The quantitative estimate of drug-likeness (QED) is 0.0341. The molecule has 0 saturated carbocycles. The molecule has 96 heteroatoms. The molecule has 4 N–H and O–H groups in total. The fourth-order valence-electron chi connectivity index (χ4n) is 1.66. The van der Waals surface area contributed by atoms with Crippen LogP contribution in [0.5, 0.6) is 0 Å². The first-order valence-electron chi connectivity index (χ1n) is 19.1. The summed E-state index contributed by atoms with van der Waals surface area (Å²) in [6.45, 7) is 0. The van der Waals surface area contributed by atoms with Crippen molar-refractivity contribution in [3.05, 3.63) is 0 Å². The maximum atomic E-state index is 4.63. The van der Waals surface area contributed by atoms with Gasteiger partial charge in [0.1, 0.15) is 0 Å². The van der Waals surface area contributed by atoms with Crippen LogP contribution in [0.2, 0.25) is 0 Å².